The molecule has 0 aromatic carbocycles. The van der Waals surface area contributed by atoms with Gasteiger partial charge in [-0.25, -0.2) is 8.42 Å². The molecular formula is C12H18ClNO5S. The fourth-order valence-corrected chi connectivity index (χ4v) is 3.31. The predicted molar refractivity (Wildman–Crippen MR) is 74.8 cm³/mol. The molecule has 0 radical (unpaired) electrons. The molecule has 0 aromatic rings. The molecule has 6 nitrogen and oxygen atoms in total. The van der Waals surface area contributed by atoms with Crippen LogP contribution in [-0.4, -0.2) is 64.5 Å². The summed E-state index contributed by atoms with van der Waals surface area (Å²) in [5, 5.41) is 0. The monoisotopic (exact) mass is 323 g/mol. The Bertz CT molecular complexity index is 459. The normalized spacial score (nSPS) is 19.3. The minimum absolute atomic E-state index is 0.0671. The summed E-state index contributed by atoms with van der Waals surface area (Å²) in [5.74, 6) is 1.87. The maximum atomic E-state index is 11.7. The minimum Gasteiger partial charge on any atom is -0.377 e. The number of likely N-dealkylation sites (tertiary alicyclic amines) is 1. The molecular weight excluding hydrogens is 306 g/mol. The number of hydrogen-bond donors (Lipinski definition) is 0. The zero-order valence-corrected chi connectivity index (χ0v) is 12.7. The van der Waals surface area contributed by atoms with Gasteiger partial charge in [0, 0.05) is 36.1 Å². The fraction of sp³-hybridized carbons (Fsp3) is 0.750. The first-order chi connectivity index (χ1) is 9.42. The second-order valence-corrected chi connectivity index (χ2v) is 7.31. The Morgan fingerprint density at radius 2 is 2.05 bits per heavy atom. The molecule has 0 aromatic heterocycles. The number of rotatable bonds is 9. The van der Waals surface area contributed by atoms with Gasteiger partial charge in [-0.3, -0.25) is 4.79 Å². The fourth-order valence-electron chi connectivity index (χ4n) is 1.99. The Morgan fingerprint density at radius 1 is 1.35 bits per heavy atom. The number of ether oxygens (including phenoxy) is 2. The van der Waals surface area contributed by atoms with Gasteiger partial charge in [-0.05, 0) is 0 Å². The molecule has 1 fully saturated rings. The molecule has 0 saturated carbocycles. The van der Waals surface area contributed by atoms with Gasteiger partial charge in [0.25, 0.3) is 0 Å². The van der Waals surface area contributed by atoms with Crippen molar-refractivity contribution in [3.05, 3.63) is 0 Å². The van der Waals surface area contributed by atoms with Crippen LogP contribution in [0.4, 0.5) is 0 Å². The number of halogens is 1. The smallest absolute Gasteiger partial charge is 0.232 e. The van der Waals surface area contributed by atoms with Crippen LogP contribution < -0.4 is 0 Å². The highest BCUT2D eigenvalue weighted by Crippen LogP contribution is 2.20. The van der Waals surface area contributed by atoms with Crippen LogP contribution in [0, 0.1) is 18.3 Å². The molecule has 1 aliphatic rings. The number of nitrogens with zero attached hydrogens (tertiary/aromatic N) is 1. The summed E-state index contributed by atoms with van der Waals surface area (Å²) in [4.78, 5) is 13.3. The van der Waals surface area contributed by atoms with E-state index in [1.165, 1.54) is 0 Å². The Labute approximate surface area is 123 Å². The molecule has 1 saturated heterocycles. The van der Waals surface area contributed by atoms with E-state index in [0.717, 1.165) is 0 Å². The van der Waals surface area contributed by atoms with Gasteiger partial charge in [-0.2, -0.15) is 0 Å². The van der Waals surface area contributed by atoms with Crippen LogP contribution in [0.3, 0.4) is 0 Å². The van der Waals surface area contributed by atoms with Gasteiger partial charge in [-0.15, -0.1) is 6.42 Å². The standard InChI is InChI=1S/C12H18ClNO5S/c1-2-4-18-6-7-19-5-3-14-9-11(8-12(14)15)10-20(13,16)17/h1,11H,3-10H2. The summed E-state index contributed by atoms with van der Waals surface area (Å²) in [5.41, 5.74) is 0. The molecule has 8 heteroatoms. The van der Waals surface area contributed by atoms with Crippen LogP contribution in [0.2, 0.25) is 0 Å². The van der Waals surface area contributed by atoms with E-state index in [-0.39, 0.29) is 30.6 Å². The number of carbonyl (C=O) groups excluding carboxylic acids is 1. The first-order valence-corrected chi connectivity index (χ1v) is 8.69. The highest BCUT2D eigenvalue weighted by Gasteiger charge is 2.31. The lowest BCUT2D eigenvalue weighted by Crippen LogP contribution is -2.30. The van der Waals surface area contributed by atoms with Crippen LogP contribution in [0.15, 0.2) is 0 Å². The molecule has 0 bridgehead atoms. The van der Waals surface area contributed by atoms with E-state index in [4.69, 9.17) is 26.6 Å². The molecule has 1 amide bonds. The van der Waals surface area contributed by atoms with Crippen molar-refractivity contribution in [1.29, 1.82) is 0 Å². The number of hydrogen-bond acceptors (Lipinski definition) is 5. The predicted octanol–water partition coefficient (Wildman–Crippen LogP) is 0.0699. The largest absolute Gasteiger partial charge is 0.377 e. The van der Waals surface area contributed by atoms with Crippen LogP contribution in [0.1, 0.15) is 6.42 Å². The van der Waals surface area contributed by atoms with Gasteiger partial charge in [0.15, 0.2) is 0 Å². The lowest BCUT2D eigenvalue weighted by molar-refractivity contribution is -0.128. The highest BCUT2D eigenvalue weighted by molar-refractivity contribution is 8.13. The molecule has 1 atom stereocenters. The molecule has 114 valence electrons. The first-order valence-electron chi connectivity index (χ1n) is 6.21. The van der Waals surface area contributed by atoms with E-state index < -0.39 is 9.05 Å². The third kappa shape index (κ3) is 7.10. The molecule has 1 unspecified atom stereocenters. The Kier molecular flexibility index (Phi) is 7.30. The summed E-state index contributed by atoms with van der Waals surface area (Å²) < 4.78 is 32.3. The van der Waals surface area contributed by atoms with Gasteiger partial charge >= 0.3 is 0 Å². The quantitative estimate of drug-likeness (QED) is 0.341. The average molecular weight is 324 g/mol. The van der Waals surface area contributed by atoms with Crippen molar-refractivity contribution in [1.82, 2.24) is 4.90 Å². The maximum absolute atomic E-state index is 11.7. The van der Waals surface area contributed by atoms with Crippen LogP contribution >= 0.6 is 10.7 Å². The Balaban J connectivity index is 2.15. The van der Waals surface area contributed by atoms with Gasteiger partial charge in [0.2, 0.25) is 15.0 Å². The van der Waals surface area contributed by atoms with E-state index in [0.29, 0.717) is 32.9 Å². The van der Waals surface area contributed by atoms with Crippen molar-refractivity contribution in [3.8, 4) is 12.3 Å². The van der Waals surface area contributed by atoms with Crippen LogP contribution in [-0.2, 0) is 23.3 Å². The minimum atomic E-state index is -3.56. The van der Waals surface area contributed by atoms with E-state index in [1.807, 2.05) is 0 Å². The second kappa shape index (κ2) is 8.47. The van der Waals surface area contributed by atoms with Crippen molar-refractivity contribution < 1.29 is 22.7 Å². The molecule has 1 rings (SSSR count). The van der Waals surface area contributed by atoms with Gasteiger partial charge in [-0.1, -0.05) is 5.92 Å². The van der Waals surface area contributed by atoms with Gasteiger partial charge < -0.3 is 14.4 Å². The lowest BCUT2D eigenvalue weighted by atomic mass is 10.1. The van der Waals surface area contributed by atoms with Gasteiger partial charge in [0.05, 0.1) is 25.6 Å². The SMILES string of the molecule is C#CCOCCOCCN1CC(CS(=O)(=O)Cl)CC1=O. The van der Waals surface area contributed by atoms with Gasteiger partial charge in [0.1, 0.15) is 6.61 Å². The van der Waals surface area contributed by atoms with E-state index in [2.05, 4.69) is 5.92 Å². The van der Waals surface area contributed by atoms with Crippen molar-refractivity contribution in [2.75, 3.05) is 45.3 Å². The van der Waals surface area contributed by atoms with Crippen LogP contribution in [0.5, 0.6) is 0 Å². The number of terminal acetylenes is 1. The number of carbonyl (C=O) groups is 1. The topological polar surface area (TPSA) is 72.9 Å². The van der Waals surface area contributed by atoms with Crippen molar-refractivity contribution in [2.45, 2.75) is 6.42 Å². The van der Waals surface area contributed by atoms with Crippen molar-refractivity contribution in [3.63, 3.8) is 0 Å². The summed E-state index contributed by atoms with van der Waals surface area (Å²) in [7, 11) is 1.62. The lowest BCUT2D eigenvalue weighted by Gasteiger charge is -2.16. The zero-order valence-electron chi connectivity index (χ0n) is 11.1. The van der Waals surface area contributed by atoms with E-state index in [1.54, 1.807) is 4.90 Å². The molecule has 0 spiro atoms. The molecule has 1 heterocycles. The third-order valence-corrected chi connectivity index (χ3v) is 4.04. The third-order valence-electron chi connectivity index (χ3n) is 2.79. The summed E-state index contributed by atoms with van der Waals surface area (Å²) >= 11 is 0. The highest BCUT2D eigenvalue weighted by atomic mass is 35.7. The van der Waals surface area contributed by atoms with E-state index in [9.17, 15) is 13.2 Å². The summed E-state index contributed by atoms with van der Waals surface area (Å²) in [6.07, 6.45) is 5.23. The van der Waals surface area contributed by atoms with Crippen LogP contribution in [0.25, 0.3) is 0 Å². The Morgan fingerprint density at radius 3 is 2.70 bits per heavy atom. The summed E-state index contributed by atoms with van der Waals surface area (Å²) in [6.45, 7) is 2.29. The van der Waals surface area contributed by atoms with E-state index >= 15 is 0 Å². The Hall–Kier alpha value is -0.810. The molecule has 0 N–H and O–H groups in total. The van der Waals surface area contributed by atoms with Crippen molar-refractivity contribution >= 4 is 25.6 Å². The zero-order chi connectivity index (χ0) is 15.0. The molecule has 1 aliphatic heterocycles. The van der Waals surface area contributed by atoms with Crippen molar-refractivity contribution in [2.24, 2.45) is 5.92 Å². The summed E-state index contributed by atoms with van der Waals surface area (Å²) in [6, 6.07) is 0. The average Bonchev–Trinajstić information content (AvgIpc) is 2.66. The maximum Gasteiger partial charge on any atom is 0.232 e. The number of amides is 1. The second-order valence-electron chi connectivity index (χ2n) is 4.48. The molecule has 20 heavy (non-hydrogen) atoms. The molecule has 0 aliphatic carbocycles. The first kappa shape index (κ1) is 17.2.